The maximum atomic E-state index is 11.8. The average molecular weight is 416 g/mol. The largest absolute Gasteiger partial charge is 0.550 e. The topological polar surface area (TPSA) is 130 Å². The Kier molecular flexibility index (Phi) is 14.8. The Hall–Kier alpha value is -1.96. The van der Waals surface area contributed by atoms with Crippen molar-refractivity contribution in [1.82, 2.24) is 0 Å². The highest BCUT2D eigenvalue weighted by atomic mass is 16.6. The van der Waals surface area contributed by atoms with Crippen molar-refractivity contribution in [3.05, 3.63) is 0 Å². The van der Waals surface area contributed by atoms with E-state index in [0.717, 1.165) is 26.2 Å². The quantitative estimate of drug-likeness (QED) is 0.217. The number of carboxylic acids is 1. The fourth-order valence-corrected chi connectivity index (χ4v) is 2.91. The van der Waals surface area contributed by atoms with Crippen LogP contribution >= 0.6 is 0 Å². The first kappa shape index (κ1) is 27.0. The maximum Gasteiger partial charge on any atom is 0.346 e. The lowest BCUT2D eigenvalue weighted by Gasteiger charge is -2.24. The predicted molar refractivity (Wildman–Crippen MR) is 103 cm³/mol. The molecule has 0 fully saturated rings. The summed E-state index contributed by atoms with van der Waals surface area (Å²) in [6, 6.07) is 0. The summed E-state index contributed by atoms with van der Waals surface area (Å²) < 4.78 is 9.16. The second-order valence-corrected chi connectivity index (χ2v) is 7.39. The molecule has 1 N–H and O–H groups in total. The minimum Gasteiger partial charge on any atom is -0.550 e. The fraction of sp³-hybridized carbons (Fsp3) is 0.810. The molecule has 0 aromatic heterocycles. The SMILES string of the molecule is CCCCCCCCCCCCCOC(=O)CC(O)(CC(=O)[O-])C(=O)OC(C)=O. The van der Waals surface area contributed by atoms with Gasteiger partial charge in [-0.1, -0.05) is 71.1 Å². The number of hydrogen-bond donors (Lipinski definition) is 1. The van der Waals surface area contributed by atoms with Gasteiger partial charge < -0.3 is 24.5 Å². The number of carboxylic acid groups (broad SMARTS) is 1. The van der Waals surface area contributed by atoms with Crippen LogP contribution in [0, 0.1) is 0 Å². The Morgan fingerprint density at radius 2 is 1.31 bits per heavy atom. The van der Waals surface area contributed by atoms with Gasteiger partial charge in [-0.15, -0.1) is 0 Å². The van der Waals surface area contributed by atoms with E-state index in [2.05, 4.69) is 11.7 Å². The Morgan fingerprint density at radius 1 is 0.828 bits per heavy atom. The van der Waals surface area contributed by atoms with E-state index >= 15 is 0 Å². The van der Waals surface area contributed by atoms with E-state index in [1.807, 2.05) is 0 Å². The van der Waals surface area contributed by atoms with Crippen molar-refractivity contribution in [3.8, 4) is 0 Å². The third-order valence-corrected chi connectivity index (χ3v) is 4.50. The van der Waals surface area contributed by atoms with E-state index in [9.17, 15) is 29.4 Å². The van der Waals surface area contributed by atoms with Crippen molar-refractivity contribution in [2.75, 3.05) is 6.61 Å². The minimum atomic E-state index is -2.70. The van der Waals surface area contributed by atoms with Gasteiger partial charge in [0.15, 0.2) is 5.60 Å². The number of unbranched alkanes of at least 4 members (excludes halogenated alkanes) is 10. The molecule has 0 heterocycles. The van der Waals surface area contributed by atoms with E-state index in [1.54, 1.807) is 0 Å². The molecule has 8 heteroatoms. The number of esters is 3. The first-order chi connectivity index (χ1) is 13.7. The zero-order chi connectivity index (χ0) is 22.1. The maximum absolute atomic E-state index is 11.8. The summed E-state index contributed by atoms with van der Waals surface area (Å²) in [6.07, 6.45) is 10.5. The fourth-order valence-electron chi connectivity index (χ4n) is 2.91. The molecule has 0 saturated heterocycles. The van der Waals surface area contributed by atoms with Crippen molar-refractivity contribution in [1.29, 1.82) is 0 Å². The summed E-state index contributed by atoms with van der Waals surface area (Å²) in [5.74, 6) is -5.24. The zero-order valence-corrected chi connectivity index (χ0v) is 17.7. The first-order valence-corrected chi connectivity index (χ1v) is 10.5. The summed E-state index contributed by atoms with van der Waals surface area (Å²) >= 11 is 0. The minimum absolute atomic E-state index is 0.110. The molecule has 0 aliphatic carbocycles. The molecule has 0 amide bonds. The molecular formula is C21H35O8-. The summed E-state index contributed by atoms with van der Waals surface area (Å²) in [6.45, 7) is 3.23. The molecule has 0 spiro atoms. The highest BCUT2D eigenvalue weighted by Gasteiger charge is 2.41. The number of hydrogen-bond acceptors (Lipinski definition) is 8. The van der Waals surface area contributed by atoms with E-state index in [4.69, 9.17) is 4.74 Å². The van der Waals surface area contributed by atoms with Crippen LogP contribution < -0.4 is 5.11 Å². The summed E-state index contributed by atoms with van der Waals surface area (Å²) in [5, 5.41) is 20.9. The Balaban J connectivity index is 3.98. The van der Waals surface area contributed by atoms with Crippen LogP contribution in [0.5, 0.6) is 0 Å². The number of carbonyl (C=O) groups is 4. The van der Waals surface area contributed by atoms with Crippen LogP contribution in [0.15, 0.2) is 0 Å². The van der Waals surface area contributed by atoms with Crippen LogP contribution in [-0.2, 0) is 28.7 Å². The highest BCUT2D eigenvalue weighted by Crippen LogP contribution is 2.19. The molecule has 0 aliphatic rings. The predicted octanol–water partition coefficient (Wildman–Crippen LogP) is 2.19. The Bertz CT molecular complexity index is 517. The Morgan fingerprint density at radius 3 is 1.76 bits per heavy atom. The second-order valence-electron chi connectivity index (χ2n) is 7.39. The molecule has 1 unspecified atom stereocenters. The summed E-state index contributed by atoms with van der Waals surface area (Å²) in [4.78, 5) is 45.1. The van der Waals surface area contributed by atoms with Crippen LogP contribution in [0.1, 0.15) is 97.3 Å². The average Bonchev–Trinajstić information content (AvgIpc) is 2.61. The second kappa shape index (κ2) is 15.9. The third-order valence-electron chi connectivity index (χ3n) is 4.50. The summed E-state index contributed by atoms with van der Waals surface area (Å²) in [7, 11) is 0. The lowest BCUT2D eigenvalue weighted by Crippen LogP contribution is -2.47. The van der Waals surface area contributed by atoms with Crippen molar-refractivity contribution in [2.45, 2.75) is 103 Å². The highest BCUT2D eigenvalue weighted by molar-refractivity contribution is 5.94. The van der Waals surface area contributed by atoms with E-state index < -0.39 is 42.3 Å². The Labute approximate surface area is 172 Å². The van der Waals surface area contributed by atoms with Crippen molar-refractivity contribution in [2.24, 2.45) is 0 Å². The first-order valence-electron chi connectivity index (χ1n) is 10.5. The number of rotatable bonds is 17. The van der Waals surface area contributed by atoms with Gasteiger partial charge in [0.05, 0.1) is 13.0 Å². The van der Waals surface area contributed by atoms with Crippen LogP contribution in [0.3, 0.4) is 0 Å². The smallest absolute Gasteiger partial charge is 0.346 e. The summed E-state index contributed by atoms with van der Waals surface area (Å²) in [5.41, 5.74) is -2.70. The van der Waals surface area contributed by atoms with Gasteiger partial charge in [0.1, 0.15) is 0 Å². The number of ether oxygens (including phenoxy) is 2. The third kappa shape index (κ3) is 14.7. The van der Waals surface area contributed by atoms with Gasteiger partial charge in [-0.3, -0.25) is 9.59 Å². The van der Waals surface area contributed by atoms with Gasteiger partial charge in [0.25, 0.3) is 0 Å². The molecule has 0 saturated carbocycles. The number of aliphatic carboxylic acids is 1. The molecule has 0 aliphatic heterocycles. The van der Waals surface area contributed by atoms with Crippen LogP contribution in [-0.4, -0.2) is 41.2 Å². The van der Waals surface area contributed by atoms with E-state index in [1.165, 1.54) is 44.9 Å². The van der Waals surface area contributed by atoms with Gasteiger partial charge in [0, 0.05) is 19.3 Å². The normalized spacial score (nSPS) is 12.8. The molecule has 1 atom stereocenters. The van der Waals surface area contributed by atoms with Gasteiger partial charge in [-0.25, -0.2) is 4.79 Å². The number of carbonyl (C=O) groups excluding carboxylic acids is 4. The van der Waals surface area contributed by atoms with E-state index in [0.29, 0.717) is 6.42 Å². The van der Waals surface area contributed by atoms with Gasteiger partial charge in [-0.2, -0.15) is 0 Å². The van der Waals surface area contributed by atoms with Crippen LogP contribution in [0.2, 0.25) is 0 Å². The van der Waals surface area contributed by atoms with Gasteiger partial charge in [-0.05, 0) is 6.42 Å². The van der Waals surface area contributed by atoms with Crippen molar-refractivity contribution >= 4 is 23.9 Å². The molecule has 0 aromatic carbocycles. The van der Waals surface area contributed by atoms with Gasteiger partial charge >= 0.3 is 17.9 Å². The molecule has 0 aromatic rings. The molecule has 0 radical (unpaired) electrons. The molecule has 29 heavy (non-hydrogen) atoms. The van der Waals surface area contributed by atoms with E-state index in [-0.39, 0.29) is 6.61 Å². The van der Waals surface area contributed by atoms with Gasteiger partial charge in [0.2, 0.25) is 0 Å². The lowest BCUT2D eigenvalue weighted by atomic mass is 9.95. The number of aliphatic hydroxyl groups is 1. The molecule has 8 nitrogen and oxygen atoms in total. The lowest BCUT2D eigenvalue weighted by molar-refractivity contribution is -0.309. The molecule has 0 bridgehead atoms. The molecule has 0 rings (SSSR count). The zero-order valence-electron chi connectivity index (χ0n) is 17.7. The van der Waals surface area contributed by atoms with Crippen molar-refractivity contribution < 1.29 is 38.9 Å². The molecular weight excluding hydrogens is 380 g/mol. The van der Waals surface area contributed by atoms with Crippen LogP contribution in [0.25, 0.3) is 0 Å². The van der Waals surface area contributed by atoms with Crippen LogP contribution in [0.4, 0.5) is 0 Å². The standard InChI is InChI=1S/C21H36O8/c1-3-4-5-6-7-8-9-10-11-12-13-14-28-19(25)16-21(27,15-18(23)24)20(26)29-17(2)22/h27H,3-16H2,1-2H3,(H,23,24)/p-1. The molecule has 168 valence electrons. The van der Waals surface area contributed by atoms with Crippen molar-refractivity contribution in [3.63, 3.8) is 0 Å². The monoisotopic (exact) mass is 415 g/mol.